The Morgan fingerprint density at radius 3 is 2.52 bits per heavy atom. The van der Waals surface area contributed by atoms with Crippen LogP contribution in [0.25, 0.3) is 0 Å². The zero-order chi connectivity index (χ0) is 15.0. The summed E-state index contributed by atoms with van der Waals surface area (Å²) in [5, 5.41) is 12.0. The predicted molar refractivity (Wildman–Crippen MR) is 74.0 cm³/mol. The smallest absolute Gasteiger partial charge is 0.310 e. The van der Waals surface area contributed by atoms with E-state index in [-0.39, 0.29) is 5.91 Å². The highest BCUT2D eigenvalue weighted by Gasteiger charge is 2.53. The van der Waals surface area contributed by atoms with Gasteiger partial charge in [-0.15, -0.1) is 0 Å². The summed E-state index contributed by atoms with van der Waals surface area (Å²) >= 11 is 0. The second kappa shape index (κ2) is 5.21. The molecule has 3 rings (SSSR count). The van der Waals surface area contributed by atoms with Gasteiger partial charge in [-0.25, -0.2) is 0 Å². The first-order valence-corrected chi connectivity index (χ1v) is 6.62. The number of hydrogen-bond acceptors (Lipinski definition) is 4. The van der Waals surface area contributed by atoms with Gasteiger partial charge in [0.05, 0.1) is 30.9 Å². The van der Waals surface area contributed by atoms with E-state index in [0.717, 1.165) is 0 Å². The van der Waals surface area contributed by atoms with Gasteiger partial charge >= 0.3 is 5.97 Å². The molecular formula is C15H15NO5. The molecule has 0 spiro atoms. The van der Waals surface area contributed by atoms with Crippen LogP contribution in [0.15, 0.2) is 36.4 Å². The molecule has 0 aliphatic carbocycles. The molecule has 21 heavy (non-hydrogen) atoms. The fourth-order valence-electron chi connectivity index (χ4n) is 2.88. The van der Waals surface area contributed by atoms with Crippen molar-refractivity contribution in [3.63, 3.8) is 0 Å². The predicted octanol–water partition coefficient (Wildman–Crippen LogP) is 1.29. The number of carbonyl (C=O) groups is 2. The van der Waals surface area contributed by atoms with E-state index in [0.29, 0.717) is 11.4 Å². The Labute approximate surface area is 121 Å². The average molecular weight is 289 g/mol. The van der Waals surface area contributed by atoms with Crippen LogP contribution in [0.4, 0.5) is 5.69 Å². The lowest BCUT2D eigenvalue weighted by Gasteiger charge is -2.21. The number of benzene rings is 1. The third-order valence-corrected chi connectivity index (χ3v) is 3.85. The number of fused-ring (bicyclic) bond motifs is 2. The molecule has 1 saturated heterocycles. The number of amides is 1. The van der Waals surface area contributed by atoms with Crippen molar-refractivity contribution in [1.82, 2.24) is 0 Å². The van der Waals surface area contributed by atoms with Gasteiger partial charge < -0.3 is 19.9 Å². The first kappa shape index (κ1) is 13.6. The maximum absolute atomic E-state index is 12.4. The van der Waals surface area contributed by atoms with Gasteiger partial charge in [-0.2, -0.15) is 0 Å². The van der Waals surface area contributed by atoms with E-state index >= 15 is 0 Å². The van der Waals surface area contributed by atoms with Crippen molar-refractivity contribution in [2.24, 2.45) is 11.8 Å². The standard InChI is InChI=1S/C15H15NO5/c1-20-9-5-3-2-4-8(9)16-14(17)12-10-6-7-11(21-10)13(12)15(18)19/h2-7,10-13H,1H3,(H,16,17)(H,18,19)/t10-,11-,12-,13-/m0/s1. The van der Waals surface area contributed by atoms with Crippen molar-refractivity contribution in [3.05, 3.63) is 36.4 Å². The van der Waals surface area contributed by atoms with Crippen LogP contribution >= 0.6 is 0 Å². The fraction of sp³-hybridized carbons (Fsp3) is 0.333. The van der Waals surface area contributed by atoms with Gasteiger partial charge in [-0.3, -0.25) is 9.59 Å². The summed E-state index contributed by atoms with van der Waals surface area (Å²) in [6, 6.07) is 6.99. The Kier molecular flexibility index (Phi) is 3.39. The first-order chi connectivity index (χ1) is 10.1. The van der Waals surface area contributed by atoms with Crippen LogP contribution in [0, 0.1) is 11.8 Å². The second-order valence-electron chi connectivity index (χ2n) is 5.03. The Morgan fingerprint density at radius 2 is 1.86 bits per heavy atom. The second-order valence-corrected chi connectivity index (χ2v) is 5.03. The van der Waals surface area contributed by atoms with Gasteiger partial charge in [0.1, 0.15) is 11.7 Å². The summed E-state index contributed by atoms with van der Waals surface area (Å²) in [5.41, 5.74) is 0.515. The average Bonchev–Trinajstić information content (AvgIpc) is 3.08. The molecule has 2 N–H and O–H groups in total. The first-order valence-electron chi connectivity index (χ1n) is 6.62. The van der Waals surface area contributed by atoms with Crippen molar-refractivity contribution in [2.45, 2.75) is 12.2 Å². The Hall–Kier alpha value is -2.34. The quantitative estimate of drug-likeness (QED) is 0.816. The van der Waals surface area contributed by atoms with Gasteiger partial charge in [-0.1, -0.05) is 24.3 Å². The molecule has 0 unspecified atom stereocenters. The van der Waals surface area contributed by atoms with Crippen LogP contribution in [-0.2, 0) is 14.3 Å². The van der Waals surface area contributed by atoms with Gasteiger partial charge in [0.2, 0.25) is 5.91 Å². The molecule has 4 atom stereocenters. The number of rotatable bonds is 4. The zero-order valence-electron chi connectivity index (χ0n) is 11.4. The maximum Gasteiger partial charge on any atom is 0.310 e. The zero-order valence-corrected chi connectivity index (χ0v) is 11.4. The molecule has 2 bridgehead atoms. The largest absolute Gasteiger partial charge is 0.495 e. The summed E-state index contributed by atoms with van der Waals surface area (Å²) in [5.74, 6) is -2.45. The molecule has 2 aliphatic rings. The van der Waals surface area contributed by atoms with Crippen molar-refractivity contribution in [3.8, 4) is 5.75 Å². The number of hydrogen-bond donors (Lipinski definition) is 2. The van der Waals surface area contributed by atoms with Gasteiger partial charge in [0.25, 0.3) is 0 Å². The number of nitrogens with one attached hydrogen (secondary N) is 1. The minimum absolute atomic E-state index is 0.372. The lowest BCUT2D eigenvalue weighted by atomic mass is 9.82. The third kappa shape index (κ3) is 2.27. The van der Waals surface area contributed by atoms with Crippen LogP contribution < -0.4 is 10.1 Å². The highest BCUT2D eigenvalue weighted by Crippen LogP contribution is 2.40. The third-order valence-electron chi connectivity index (χ3n) is 3.85. The summed E-state index contributed by atoms with van der Waals surface area (Å²) in [6.45, 7) is 0. The molecule has 0 radical (unpaired) electrons. The SMILES string of the molecule is COc1ccccc1NC(=O)[C@@H]1[C@@H](C(=O)O)[C@@H]2C=C[C@@H]1O2. The number of carbonyl (C=O) groups excluding carboxylic acids is 1. The van der Waals surface area contributed by atoms with Crippen LogP contribution in [0.2, 0.25) is 0 Å². The number of carboxylic acids is 1. The van der Waals surface area contributed by atoms with Crippen molar-refractivity contribution in [2.75, 3.05) is 12.4 Å². The number of aliphatic carboxylic acids is 1. The topological polar surface area (TPSA) is 84.9 Å². The van der Waals surface area contributed by atoms with Gasteiger partial charge in [-0.05, 0) is 12.1 Å². The number of anilines is 1. The molecule has 1 aromatic carbocycles. The molecular weight excluding hydrogens is 274 g/mol. The van der Waals surface area contributed by atoms with Crippen LogP contribution in [0.3, 0.4) is 0 Å². The summed E-state index contributed by atoms with van der Waals surface area (Å²) in [4.78, 5) is 23.8. The van der Waals surface area contributed by atoms with Gasteiger partial charge in [0, 0.05) is 0 Å². The number of para-hydroxylation sites is 2. The Morgan fingerprint density at radius 1 is 1.19 bits per heavy atom. The van der Waals surface area contributed by atoms with E-state index in [4.69, 9.17) is 9.47 Å². The summed E-state index contributed by atoms with van der Waals surface area (Å²) in [7, 11) is 1.51. The molecule has 2 heterocycles. The fourth-order valence-corrected chi connectivity index (χ4v) is 2.88. The Bertz CT molecular complexity index is 612. The van der Waals surface area contributed by atoms with E-state index in [9.17, 15) is 14.7 Å². The minimum Gasteiger partial charge on any atom is -0.495 e. The minimum atomic E-state index is -1.02. The van der Waals surface area contributed by atoms with E-state index in [1.165, 1.54) is 7.11 Å². The normalized spacial score (nSPS) is 29.4. The van der Waals surface area contributed by atoms with Crippen LogP contribution in [0.5, 0.6) is 5.75 Å². The molecule has 6 nitrogen and oxygen atoms in total. The van der Waals surface area contributed by atoms with E-state index in [1.54, 1.807) is 36.4 Å². The molecule has 2 aliphatic heterocycles. The number of carboxylic acid groups (broad SMARTS) is 1. The van der Waals surface area contributed by atoms with Crippen LogP contribution in [-0.4, -0.2) is 36.3 Å². The van der Waals surface area contributed by atoms with Crippen molar-refractivity contribution in [1.29, 1.82) is 0 Å². The number of methoxy groups -OCH3 is 1. The maximum atomic E-state index is 12.4. The lowest BCUT2D eigenvalue weighted by molar-refractivity contribution is -0.145. The monoisotopic (exact) mass is 289 g/mol. The molecule has 1 fully saturated rings. The molecule has 1 amide bonds. The van der Waals surface area contributed by atoms with Crippen molar-refractivity contribution >= 4 is 17.6 Å². The van der Waals surface area contributed by atoms with E-state index in [1.807, 2.05) is 0 Å². The number of ether oxygens (including phenoxy) is 2. The highest BCUT2D eigenvalue weighted by molar-refractivity contribution is 5.97. The molecule has 6 heteroatoms. The van der Waals surface area contributed by atoms with E-state index < -0.39 is 30.0 Å². The molecule has 110 valence electrons. The molecule has 0 aromatic heterocycles. The summed E-state index contributed by atoms with van der Waals surface area (Å²) in [6.07, 6.45) is 2.44. The molecule has 0 saturated carbocycles. The van der Waals surface area contributed by atoms with E-state index in [2.05, 4.69) is 5.32 Å². The summed E-state index contributed by atoms with van der Waals surface area (Å²) < 4.78 is 10.7. The van der Waals surface area contributed by atoms with Crippen molar-refractivity contribution < 1.29 is 24.2 Å². The van der Waals surface area contributed by atoms with Gasteiger partial charge in [0.15, 0.2) is 0 Å². The van der Waals surface area contributed by atoms with Crippen LogP contribution in [0.1, 0.15) is 0 Å². The Balaban J connectivity index is 1.82. The molecule has 1 aromatic rings. The lowest BCUT2D eigenvalue weighted by Crippen LogP contribution is -2.39. The highest BCUT2D eigenvalue weighted by atomic mass is 16.5.